The van der Waals surface area contributed by atoms with Crippen LogP contribution in [0.4, 0.5) is 0 Å². The minimum atomic E-state index is -2.87. The lowest BCUT2D eigenvalue weighted by molar-refractivity contribution is -0.134. The van der Waals surface area contributed by atoms with Crippen molar-refractivity contribution in [2.45, 2.75) is 0 Å². The Balaban J connectivity index is 0.000000423. The number of aliphatic carboxylic acids is 1. The van der Waals surface area contributed by atoms with Crippen molar-refractivity contribution in [3.05, 3.63) is 23.8 Å². The highest BCUT2D eigenvalue weighted by molar-refractivity contribution is 7.30. The van der Waals surface area contributed by atoms with E-state index in [-0.39, 0.29) is 0 Å². The Hall–Kier alpha value is -1.69. The Morgan fingerprint density at radius 3 is 2.00 bits per heavy atom. The van der Waals surface area contributed by atoms with E-state index in [9.17, 15) is 14.4 Å². The van der Waals surface area contributed by atoms with Crippen molar-refractivity contribution in [3.63, 3.8) is 0 Å². The second kappa shape index (κ2) is 5.92. The molecule has 7 nitrogen and oxygen atoms in total. The van der Waals surface area contributed by atoms with Crippen molar-refractivity contribution in [2.75, 3.05) is 0 Å². The summed E-state index contributed by atoms with van der Waals surface area (Å²) >= 11 is 0. The molecule has 0 aromatic heterocycles. The molecule has 0 saturated heterocycles. The fourth-order valence-corrected chi connectivity index (χ4v) is 0.676. The standard InChI is InChI=1S/C7H4O4.HO3P/c8-4-1-2-6(9)5(3-4)7(10)11;1-4(2)3/h1-3H,(H,10,11);(H-,1,2,3)/p+1. The van der Waals surface area contributed by atoms with E-state index in [1.807, 2.05) is 0 Å². The van der Waals surface area contributed by atoms with Gasteiger partial charge in [-0.2, -0.15) is 0 Å². The van der Waals surface area contributed by atoms with Gasteiger partial charge >= 0.3 is 14.2 Å². The highest BCUT2D eigenvalue weighted by Gasteiger charge is 2.18. The maximum atomic E-state index is 10.7. The van der Waals surface area contributed by atoms with Gasteiger partial charge in [0, 0.05) is 10.6 Å². The molecule has 8 heteroatoms. The molecule has 3 N–H and O–H groups in total. The molecule has 15 heavy (non-hydrogen) atoms. The van der Waals surface area contributed by atoms with Gasteiger partial charge in [-0.15, -0.1) is 9.79 Å². The maximum Gasteiger partial charge on any atom is 0.692 e. The summed E-state index contributed by atoms with van der Waals surface area (Å²) in [7, 11) is -2.87. The molecule has 0 aromatic carbocycles. The van der Waals surface area contributed by atoms with Crippen LogP contribution in [0.5, 0.6) is 0 Å². The number of hydrogen-bond donors (Lipinski definition) is 3. The van der Waals surface area contributed by atoms with Crippen molar-refractivity contribution in [1.82, 2.24) is 0 Å². The Morgan fingerprint density at radius 1 is 1.20 bits per heavy atom. The lowest BCUT2D eigenvalue weighted by atomic mass is 10.0. The number of allylic oxidation sites excluding steroid dienone is 3. The topological polar surface area (TPSA) is 129 Å². The number of carboxylic acids is 1. The zero-order chi connectivity index (χ0) is 12.0. The van der Waals surface area contributed by atoms with Gasteiger partial charge in [0.1, 0.15) is 5.57 Å². The lowest BCUT2D eigenvalue weighted by Crippen LogP contribution is -2.15. The smallest absolute Gasteiger partial charge is 0.478 e. The van der Waals surface area contributed by atoms with E-state index in [2.05, 4.69) is 0 Å². The summed E-state index contributed by atoms with van der Waals surface area (Å²) in [6.07, 6.45) is 2.80. The first-order valence-electron chi connectivity index (χ1n) is 3.41. The highest BCUT2D eigenvalue weighted by atomic mass is 31.1. The fourth-order valence-electron chi connectivity index (χ4n) is 0.676. The molecule has 0 amide bonds. The van der Waals surface area contributed by atoms with Crippen LogP contribution in [0.25, 0.3) is 0 Å². The largest absolute Gasteiger partial charge is 0.692 e. The molecule has 80 valence electrons. The predicted molar refractivity (Wildman–Crippen MR) is 46.9 cm³/mol. The molecule has 0 fully saturated rings. The molecule has 1 aliphatic carbocycles. The zero-order valence-corrected chi connectivity index (χ0v) is 8.05. The summed E-state index contributed by atoms with van der Waals surface area (Å²) < 4.78 is 8.70. The van der Waals surface area contributed by atoms with Gasteiger partial charge in [0.15, 0.2) is 11.6 Å². The third kappa shape index (κ3) is 5.58. The van der Waals surface area contributed by atoms with Gasteiger partial charge in [0.25, 0.3) is 0 Å². The minimum Gasteiger partial charge on any atom is -0.478 e. The number of ketones is 2. The van der Waals surface area contributed by atoms with Crippen LogP contribution >= 0.6 is 8.25 Å². The molecule has 0 bridgehead atoms. The van der Waals surface area contributed by atoms with Crippen LogP contribution in [0, 0.1) is 0 Å². The van der Waals surface area contributed by atoms with Crippen LogP contribution in [0.1, 0.15) is 0 Å². The normalized spacial score (nSPS) is 13.9. The summed E-state index contributed by atoms with van der Waals surface area (Å²) in [5, 5.41) is 8.35. The van der Waals surface area contributed by atoms with Crippen molar-refractivity contribution < 1.29 is 33.8 Å². The monoisotopic (exact) mass is 233 g/mol. The molecule has 0 radical (unpaired) electrons. The Morgan fingerprint density at radius 2 is 1.67 bits per heavy atom. The van der Waals surface area contributed by atoms with Crippen molar-refractivity contribution >= 4 is 25.8 Å². The van der Waals surface area contributed by atoms with E-state index in [1.165, 1.54) is 0 Å². The van der Waals surface area contributed by atoms with Gasteiger partial charge in [-0.25, -0.2) is 4.79 Å². The third-order valence-corrected chi connectivity index (χ3v) is 1.18. The summed E-state index contributed by atoms with van der Waals surface area (Å²) in [4.78, 5) is 45.7. The maximum absolute atomic E-state index is 10.7. The number of hydrogen-bond acceptors (Lipinski definition) is 4. The first-order chi connectivity index (χ1) is 6.84. The molecule has 0 heterocycles. The summed E-state index contributed by atoms with van der Waals surface area (Å²) in [6.45, 7) is 0. The van der Waals surface area contributed by atoms with Crippen LogP contribution in [0.15, 0.2) is 23.8 Å². The van der Waals surface area contributed by atoms with E-state index >= 15 is 0 Å². The van der Waals surface area contributed by atoms with Gasteiger partial charge in [0.2, 0.25) is 0 Å². The van der Waals surface area contributed by atoms with Crippen molar-refractivity contribution in [1.29, 1.82) is 0 Å². The molecule has 1 rings (SSSR count). The number of carbonyl (C=O) groups excluding carboxylic acids is 2. The fraction of sp³-hybridized carbons (Fsp3) is 0. The Labute approximate surface area is 84.3 Å². The molecule has 0 spiro atoms. The molecule has 1 aliphatic rings. The lowest BCUT2D eigenvalue weighted by Gasteiger charge is -1.98. The average molecular weight is 233 g/mol. The SMILES string of the molecule is O=C1C=CC(=O)C(C(=O)O)=C1.O=[P+](O)O. The van der Waals surface area contributed by atoms with Gasteiger partial charge in [-0.1, -0.05) is 0 Å². The molecule has 0 unspecified atom stereocenters. The Bertz CT molecular complexity index is 375. The number of rotatable bonds is 1. The van der Waals surface area contributed by atoms with Crippen LogP contribution in [-0.4, -0.2) is 32.4 Å². The summed E-state index contributed by atoms with van der Waals surface area (Å²) in [5.41, 5.74) is -0.475. The van der Waals surface area contributed by atoms with Gasteiger partial charge in [-0.05, 0) is 12.2 Å². The van der Waals surface area contributed by atoms with E-state index in [4.69, 9.17) is 19.5 Å². The molecule has 0 atom stereocenters. The van der Waals surface area contributed by atoms with Gasteiger partial charge < -0.3 is 5.11 Å². The predicted octanol–water partition coefficient (Wildman–Crippen LogP) is -0.666. The second-order valence-corrected chi connectivity index (χ2v) is 2.72. The van der Waals surface area contributed by atoms with E-state index < -0.39 is 31.4 Å². The van der Waals surface area contributed by atoms with Crippen molar-refractivity contribution in [2.24, 2.45) is 0 Å². The van der Waals surface area contributed by atoms with E-state index in [0.29, 0.717) is 0 Å². The number of carboxylic acid groups (broad SMARTS) is 1. The highest BCUT2D eigenvalue weighted by Crippen LogP contribution is 2.04. The quantitative estimate of drug-likeness (QED) is 0.311. The van der Waals surface area contributed by atoms with Crippen LogP contribution in [0.2, 0.25) is 0 Å². The minimum absolute atomic E-state index is 0.470. The first kappa shape index (κ1) is 13.3. The molecule has 0 saturated carbocycles. The molecule has 0 aromatic rings. The Kier molecular flexibility index (Phi) is 5.25. The van der Waals surface area contributed by atoms with E-state index in [0.717, 1.165) is 18.2 Å². The molecular formula is C7H6O7P+. The summed E-state index contributed by atoms with van der Waals surface area (Å²) in [6, 6.07) is 0. The van der Waals surface area contributed by atoms with Crippen LogP contribution in [0.3, 0.4) is 0 Å². The van der Waals surface area contributed by atoms with E-state index in [1.54, 1.807) is 0 Å². The second-order valence-electron chi connectivity index (χ2n) is 2.22. The first-order valence-corrected chi connectivity index (χ1v) is 4.57. The average Bonchev–Trinajstić information content (AvgIpc) is 2.08. The van der Waals surface area contributed by atoms with Gasteiger partial charge in [0.05, 0.1) is 0 Å². The van der Waals surface area contributed by atoms with Crippen LogP contribution < -0.4 is 0 Å². The third-order valence-electron chi connectivity index (χ3n) is 1.18. The molecule has 0 aliphatic heterocycles. The van der Waals surface area contributed by atoms with Crippen LogP contribution in [-0.2, 0) is 18.9 Å². The van der Waals surface area contributed by atoms with Gasteiger partial charge in [-0.3, -0.25) is 9.59 Å². The zero-order valence-electron chi connectivity index (χ0n) is 7.15. The van der Waals surface area contributed by atoms with Crippen molar-refractivity contribution in [3.8, 4) is 0 Å². The number of carbonyl (C=O) groups is 3. The molecular weight excluding hydrogens is 227 g/mol. The summed E-state index contributed by atoms with van der Waals surface area (Å²) in [5.74, 6) is -2.48.